The molecule has 0 amide bonds. The largest absolute Gasteiger partial charge is 0.508 e. The van der Waals surface area contributed by atoms with Gasteiger partial charge in [-0.05, 0) is 12.1 Å². The lowest BCUT2D eigenvalue weighted by Crippen LogP contribution is -1.84. The number of benzene rings is 1. The predicted octanol–water partition coefficient (Wildman–Crippen LogP) is 0.344. The summed E-state index contributed by atoms with van der Waals surface area (Å²) < 4.78 is 22.2. The van der Waals surface area contributed by atoms with Crippen molar-refractivity contribution in [2.75, 3.05) is 0 Å². The minimum atomic E-state index is -5.05. The van der Waals surface area contributed by atoms with E-state index in [9.17, 15) is 9.13 Å². The van der Waals surface area contributed by atoms with E-state index in [1.165, 1.54) is 18.2 Å². The van der Waals surface area contributed by atoms with Crippen molar-refractivity contribution < 1.29 is 43.2 Å². The fraction of sp³-hybridized carbons (Fsp3) is 0. The second-order valence-corrected chi connectivity index (χ2v) is 5.20. The minimum Gasteiger partial charge on any atom is -0.508 e. The lowest BCUT2D eigenvalue weighted by molar-refractivity contribution is 0.225. The third-order valence-electron chi connectivity index (χ3n) is 1.04. The van der Waals surface area contributed by atoms with Crippen LogP contribution in [-0.4, -0.2) is 29.8 Å². The average molecular weight is 322 g/mol. The molecule has 0 saturated heterocycles. The minimum absolute atomic E-state index is 0. The lowest BCUT2D eigenvalue weighted by atomic mass is 10.3. The molecule has 1 unspecified atom stereocenters. The Morgan fingerprint density at radius 1 is 0.889 bits per heavy atom. The number of phenols is 2. The summed E-state index contributed by atoms with van der Waals surface area (Å²) in [5.41, 5.74) is 0. The standard InChI is InChI=1S/C6H6O2.H4O7P2.H3P/c7-5-2-1-3-6(8)4-5;1-8(2,3)7-9(4,5)6;/h1-4,7-8H;(H2,1,2,3)(H2,4,5,6);1H3. The van der Waals surface area contributed by atoms with Gasteiger partial charge in [0, 0.05) is 6.07 Å². The van der Waals surface area contributed by atoms with E-state index in [2.05, 4.69) is 4.31 Å². The highest BCUT2D eigenvalue weighted by molar-refractivity contribution is 7.60. The van der Waals surface area contributed by atoms with Gasteiger partial charge >= 0.3 is 15.6 Å². The zero-order chi connectivity index (χ0) is 13.7. The van der Waals surface area contributed by atoms with Gasteiger partial charge in [0.05, 0.1) is 0 Å². The number of phenolic OH excluding ortho intramolecular Hbond substituents is 2. The van der Waals surface area contributed by atoms with E-state index in [0.717, 1.165) is 0 Å². The van der Waals surface area contributed by atoms with Gasteiger partial charge in [0.1, 0.15) is 11.5 Å². The molecule has 0 spiro atoms. The van der Waals surface area contributed by atoms with Gasteiger partial charge in [0.25, 0.3) is 0 Å². The highest BCUT2D eigenvalue weighted by atomic mass is 31.3. The molecule has 0 aliphatic rings. The molecule has 106 valence electrons. The lowest BCUT2D eigenvalue weighted by Gasteiger charge is -2.03. The maximum Gasteiger partial charge on any atom is 0.478 e. The third kappa shape index (κ3) is 13.6. The molecule has 0 aliphatic carbocycles. The summed E-state index contributed by atoms with van der Waals surface area (Å²) in [6, 6.07) is 5.85. The summed E-state index contributed by atoms with van der Waals surface area (Å²) in [7, 11) is -10.1. The van der Waals surface area contributed by atoms with Gasteiger partial charge in [-0.2, -0.15) is 14.2 Å². The Morgan fingerprint density at radius 3 is 1.33 bits per heavy atom. The van der Waals surface area contributed by atoms with E-state index in [0.29, 0.717) is 0 Å². The third-order valence-corrected chi connectivity index (χ3v) is 2.74. The van der Waals surface area contributed by atoms with Gasteiger partial charge in [0.2, 0.25) is 0 Å². The van der Waals surface area contributed by atoms with E-state index in [1.807, 2.05) is 0 Å². The Kier molecular flexibility index (Phi) is 8.64. The van der Waals surface area contributed by atoms with Crippen molar-refractivity contribution in [2.45, 2.75) is 0 Å². The molecular formula is C6H13O9P3. The van der Waals surface area contributed by atoms with Crippen LogP contribution in [0.4, 0.5) is 0 Å². The summed E-state index contributed by atoms with van der Waals surface area (Å²) >= 11 is 0. The van der Waals surface area contributed by atoms with Crippen LogP contribution in [0.1, 0.15) is 0 Å². The fourth-order valence-electron chi connectivity index (χ4n) is 0.632. The molecule has 1 atom stereocenters. The molecule has 0 radical (unpaired) electrons. The monoisotopic (exact) mass is 322 g/mol. The van der Waals surface area contributed by atoms with Crippen LogP contribution in [0.15, 0.2) is 24.3 Å². The van der Waals surface area contributed by atoms with E-state index < -0.39 is 15.6 Å². The first-order valence-corrected chi connectivity index (χ1v) is 6.86. The summed E-state index contributed by atoms with van der Waals surface area (Å²) in [5.74, 6) is 0.176. The molecule has 1 aromatic rings. The topological polar surface area (TPSA) is 165 Å². The summed E-state index contributed by atoms with van der Waals surface area (Å²) in [5, 5.41) is 17.3. The maximum atomic E-state index is 9.63. The van der Waals surface area contributed by atoms with E-state index >= 15 is 0 Å². The normalized spacial score (nSPS) is 10.9. The van der Waals surface area contributed by atoms with Gasteiger partial charge in [-0.3, -0.25) is 0 Å². The Labute approximate surface area is 105 Å². The number of aromatic hydroxyl groups is 2. The molecule has 0 saturated carbocycles. The molecule has 0 bridgehead atoms. The van der Waals surface area contributed by atoms with Crippen LogP contribution in [0.2, 0.25) is 0 Å². The van der Waals surface area contributed by atoms with E-state index in [-0.39, 0.29) is 21.4 Å². The fourth-order valence-corrected chi connectivity index (χ4v) is 1.74. The summed E-state index contributed by atoms with van der Waals surface area (Å²) in [6.45, 7) is 0. The van der Waals surface area contributed by atoms with Crippen LogP contribution in [0, 0.1) is 0 Å². The van der Waals surface area contributed by atoms with E-state index in [1.54, 1.807) is 6.07 Å². The van der Waals surface area contributed by atoms with Gasteiger partial charge in [-0.15, -0.1) is 0 Å². The summed E-state index contributed by atoms with van der Waals surface area (Å²) in [4.78, 5) is 31.0. The Bertz CT molecular complexity index is 412. The van der Waals surface area contributed by atoms with Gasteiger partial charge in [0.15, 0.2) is 0 Å². The van der Waals surface area contributed by atoms with Crippen molar-refractivity contribution in [1.29, 1.82) is 0 Å². The average Bonchev–Trinajstić information content (AvgIpc) is 1.96. The molecule has 1 aromatic carbocycles. The van der Waals surface area contributed by atoms with Crippen molar-refractivity contribution in [1.82, 2.24) is 0 Å². The molecule has 18 heavy (non-hydrogen) atoms. The number of hydrogen-bond donors (Lipinski definition) is 6. The summed E-state index contributed by atoms with van der Waals surface area (Å²) in [6.07, 6.45) is 0. The molecule has 0 heterocycles. The molecule has 0 aliphatic heterocycles. The van der Waals surface area contributed by atoms with Crippen molar-refractivity contribution >= 4 is 25.5 Å². The predicted molar refractivity (Wildman–Crippen MR) is 66.0 cm³/mol. The molecular weight excluding hydrogens is 309 g/mol. The number of hydrogen-bond acceptors (Lipinski definition) is 5. The Morgan fingerprint density at radius 2 is 1.22 bits per heavy atom. The van der Waals surface area contributed by atoms with Crippen molar-refractivity contribution in [3.05, 3.63) is 24.3 Å². The zero-order valence-corrected chi connectivity index (χ0v) is 12.0. The molecule has 9 nitrogen and oxygen atoms in total. The number of phosphoric acid groups is 2. The first-order valence-electron chi connectivity index (χ1n) is 3.80. The van der Waals surface area contributed by atoms with Crippen molar-refractivity contribution in [3.8, 4) is 11.5 Å². The number of rotatable bonds is 2. The molecule has 1 rings (SSSR count). The molecule has 0 fully saturated rings. The van der Waals surface area contributed by atoms with Crippen molar-refractivity contribution in [2.24, 2.45) is 0 Å². The Balaban J connectivity index is 0. The highest BCUT2D eigenvalue weighted by Crippen LogP contribution is 2.53. The molecule has 6 N–H and O–H groups in total. The smallest absolute Gasteiger partial charge is 0.478 e. The van der Waals surface area contributed by atoms with Crippen LogP contribution in [0.25, 0.3) is 0 Å². The van der Waals surface area contributed by atoms with Crippen LogP contribution < -0.4 is 0 Å². The van der Waals surface area contributed by atoms with Gasteiger partial charge in [-0.25, -0.2) is 9.13 Å². The second kappa shape index (κ2) is 7.84. The molecule has 0 aromatic heterocycles. The van der Waals surface area contributed by atoms with Crippen LogP contribution in [0.5, 0.6) is 11.5 Å². The maximum absolute atomic E-state index is 9.63. The molecule has 12 heteroatoms. The zero-order valence-electron chi connectivity index (χ0n) is 8.82. The van der Waals surface area contributed by atoms with Crippen molar-refractivity contribution in [3.63, 3.8) is 0 Å². The van der Waals surface area contributed by atoms with Gasteiger partial charge in [-0.1, -0.05) is 6.07 Å². The first-order chi connectivity index (χ1) is 7.49. The second-order valence-electron chi connectivity index (χ2n) is 2.58. The first kappa shape index (κ1) is 19.8. The van der Waals surface area contributed by atoms with E-state index in [4.69, 9.17) is 29.8 Å². The SMILES string of the molecule is O=P(O)(O)OP(=O)(O)O.Oc1cccc(O)c1.P. The van der Waals surface area contributed by atoms with Crippen LogP contribution >= 0.6 is 25.5 Å². The quantitative estimate of drug-likeness (QED) is 0.421. The van der Waals surface area contributed by atoms with Crippen LogP contribution in [-0.2, 0) is 13.4 Å². The van der Waals surface area contributed by atoms with Gasteiger partial charge < -0.3 is 29.8 Å². The van der Waals surface area contributed by atoms with Crippen LogP contribution in [0.3, 0.4) is 0 Å². The Hall–Kier alpha value is -0.490. The highest BCUT2D eigenvalue weighted by Gasteiger charge is 2.27.